The molecule has 0 fully saturated rings. The van der Waals surface area contributed by atoms with E-state index in [9.17, 15) is 13.2 Å². The molecule has 23 heavy (non-hydrogen) atoms. The number of carbonyl (C=O) groups is 1. The van der Waals surface area contributed by atoms with Crippen LogP contribution in [0.15, 0.2) is 53.4 Å². The fourth-order valence-corrected chi connectivity index (χ4v) is 3.57. The van der Waals surface area contributed by atoms with Crippen LogP contribution < -0.4 is 10.0 Å². The smallest absolute Gasteiger partial charge is 0.252 e. The van der Waals surface area contributed by atoms with Crippen LogP contribution in [-0.4, -0.2) is 27.4 Å². The minimum Gasteiger partial charge on any atom is -0.351 e. The molecule has 2 aromatic carbocycles. The number of sulfonamides is 1. The van der Waals surface area contributed by atoms with Crippen LogP contribution in [0.1, 0.15) is 15.9 Å². The third-order valence-electron chi connectivity index (χ3n) is 3.15. The summed E-state index contributed by atoms with van der Waals surface area (Å²) < 4.78 is 27.5. The Morgan fingerprint density at radius 3 is 2.35 bits per heavy atom. The van der Waals surface area contributed by atoms with Gasteiger partial charge in [-0.25, -0.2) is 13.1 Å². The van der Waals surface area contributed by atoms with Crippen molar-refractivity contribution in [1.82, 2.24) is 10.0 Å². The van der Waals surface area contributed by atoms with Crippen molar-refractivity contribution in [2.24, 2.45) is 0 Å². The van der Waals surface area contributed by atoms with E-state index in [2.05, 4.69) is 32.6 Å². The summed E-state index contributed by atoms with van der Waals surface area (Å²) in [5.74, 6) is -0.218. The second-order valence-electron chi connectivity index (χ2n) is 4.95. The molecule has 1 amide bonds. The quantitative estimate of drug-likeness (QED) is 0.531. The fourth-order valence-electron chi connectivity index (χ4n) is 1.90. The molecule has 0 spiro atoms. The molecule has 122 valence electrons. The Bertz CT molecular complexity index is 789. The number of hydrogen-bond donors (Lipinski definition) is 2. The molecule has 2 aromatic rings. The minimum absolute atomic E-state index is 0.130. The number of halogens is 1. The van der Waals surface area contributed by atoms with Gasteiger partial charge in [0.1, 0.15) is 0 Å². The number of amides is 1. The lowest BCUT2D eigenvalue weighted by atomic mass is 10.2. The molecule has 2 rings (SSSR count). The highest BCUT2D eigenvalue weighted by atomic mass is 127. The average molecular weight is 444 g/mol. The Morgan fingerprint density at radius 1 is 1.04 bits per heavy atom. The molecule has 0 saturated heterocycles. The van der Waals surface area contributed by atoms with Gasteiger partial charge in [0.2, 0.25) is 10.0 Å². The molecule has 0 atom stereocenters. The predicted molar refractivity (Wildman–Crippen MR) is 97.9 cm³/mol. The lowest BCUT2D eigenvalue weighted by molar-refractivity contribution is 0.0953. The van der Waals surface area contributed by atoms with Crippen molar-refractivity contribution >= 4 is 38.5 Å². The third-order valence-corrected chi connectivity index (χ3v) is 5.57. The van der Waals surface area contributed by atoms with Crippen LogP contribution >= 0.6 is 22.6 Å². The van der Waals surface area contributed by atoms with E-state index in [1.54, 1.807) is 36.4 Å². The van der Waals surface area contributed by atoms with Crippen molar-refractivity contribution < 1.29 is 13.2 Å². The van der Waals surface area contributed by atoms with Crippen LogP contribution in [0.3, 0.4) is 0 Å². The number of benzene rings is 2. The van der Waals surface area contributed by atoms with Gasteiger partial charge in [0.15, 0.2) is 0 Å². The van der Waals surface area contributed by atoms with E-state index in [1.807, 2.05) is 19.1 Å². The molecule has 0 aromatic heterocycles. The van der Waals surface area contributed by atoms with Crippen LogP contribution in [0.25, 0.3) is 0 Å². The molecule has 0 unspecified atom stereocenters. The van der Waals surface area contributed by atoms with Gasteiger partial charge in [-0.3, -0.25) is 4.79 Å². The Hall–Kier alpha value is -1.45. The minimum atomic E-state index is -3.55. The van der Waals surface area contributed by atoms with Crippen molar-refractivity contribution in [2.45, 2.75) is 11.8 Å². The zero-order valence-electron chi connectivity index (χ0n) is 12.5. The molecule has 0 heterocycles. The molecule has 0 aliphatic rings. The summed E-state index contributed by atoms with van der Waals surface area (Å²) in [6.45, 7) is 2.24. The normalized spacial score (nSPS) is 11.2. The maximum absolute atomic E-state index is 12.1. The summed E-state index contributed by atoms with van der Waals surface area (Å²) in [5, 5.41) is 2.70. The number of carbonyl (C=O) groups excluding carboxylic acids is 1. The first-order chi connectivity index (χ1) is 10.9. The number of nitrogens with one attached hydrogen (secondary N) is 2. The van der Waals surface area contributed by atoms with E-state index in [0.29, 0.717) is 5.56 Å². The second-order valence-corrected chi connectivity index (χ2v) is 7.88. The zero-order chi connectivity index (χ0) is 16.9. The first kappa shape index (κ1) is 17.9. The highest BCUT2D eigenvalue weighted by Gasteiger charge is 2.13. The van der Waals surface area contributed by atoms with Crippen molar-refractivity contribution in [3.05, 3.63) is 63.2 Å². The van der Waals surface area contributed by atoms with E-state index in [1.165, 1.54) is 0 Å². The molecule has 0 radical (unpaired) electrons. The molecular formula is C16H17IN2O3S. The summed E-state index contributed by atoms with van der Waals surface area (Å²) in [7, 11) is -3.55. The van der Waals surface area contributed by atoms with Crippen molar-refractivity contribution in [3.63, 3.8) is 0 Å². The van der Waals surface area contributed by atoms with Gasteiger partial charge in [0.25, 0.3) is 5.91 Å². The molecule has 7 heteroatoms. The SMILES string of the molecule is Cc1ccc(S(=O)(=O)NCCNC(=O)c2ccccc2I)cc1. The van der Waals surface area contributed by atoms with Gasteiger partial charge in [-0.1, -0.05) is 29.8 Å². The fraction of sp³-hybridized carbons (Fsp3) is 0.188. The Morgan fingerprint density at radius 2 is 1.70 bits per heavy atom. The third kappa shape index (κ3) is 5.02. The van der Waals surface area contributed by atoms with E-state index in [4.69, 9.17) is 0 Å². The maximum atomic E-state index is 12.1. The number of rotatable bonds is 6. The van der Waals surface area contributed by atoms with E-state index in [0.717, 1.165) is 9.13 Å². The van der Waals surface area contributed by atoms with Gasteiger partial charge >= 0.3 is 0 Å². The molecule has 0 aliphatic heterocycles. The Labute approximate surface area is 149 Å². The van der Waals surface area contributed by atoms with Gasteiger partial charge in [0.05, 0.1) is 10.5 Å². The van der Waals surface area contributed by atoms with Crippen LogP contribution in [-0.2, 0) is 10.0 Å². The van der Waals surface area contributed by atoms with Crippen LogP contribution in [0.5, 0.6) is 0 Å². The van der Waals surface area contributed by atoms with Crippen LogP contribution in [0, 0.1) is 10.5 Å². The summed E-state index contributed by atoms with van der Waals surface area (Å²) in [5.41, 5.74) is 1.57. The largest absolute Gasteiger partial charge is 0.351 e. The maximum Gasteiger partial charge on any atom is 0.252 e. The summed E-state index contributed by atoms with van der Waals surface area (Å²) in [4.78, 5) is 12.2. The number of hydrogen-bond acceptors (Lipinski definition) is 3. The molecule has 2 N–H and O–H groups in total. The predicted octanol–water partition coefficient (Wildman–Crippen LogP) is 2.31. The number of aryl methyl sites for hydroxylation is 1. The first-order valence-electron chi connectivity index (χ1n) is 6.99. The Kier molecular flexibility index (Phi) is 6.14. The van der Waals surface area contributed by atoms with Crippen molar-refractivity contribution in [2.75, 3.05) is 13.1 Å². The van der Waals surface area contributed by atoms with E-state index in [-0.39, 0.29) is 23.9 Å². The second kappa shape index (κ2) is 7.89. The lowest BCUT2D eigenvalue weighted by Crippen LogP contribution is -2.34. The van der Waals surface area contributed by atoms with E-state index < -0.39 is 10.0 Å². The van der Waals surface area contributed by atoms with Gasteiger partial charge in [-0.2, -0.15) is 0 Å². The van der Waals surface area contributed by atoms with Gasteiger partial charge in [-0.15, -0.1) is 0 Å². The van der Waals surface area contributed by atoms with Gasteiger partial charge < -0.3 is 5.32 Å². The monoisotopic (exact) mass is 444 g/mol. The zero-order valence-corrected chi connectivity index (χ0v) is 15.5. The summed E-state index contributed by atoms with van der Waals surface area (Å²) >= 11 is 2.09. The molecule has 5 nitrogen and oxygen atoms in total. The lowest BCUT2D eigenvalue weighted by Gasteiger charge is -2.09. The average Bonchev–Trinajstić information content (AvgIpc) is 2.52. The standard InChI is InChI=1S/C16H17IN2O3S/c1-12-6-8-13(9-7-12)23(21,22)19-11-10-18-16(20)14-4-2-3-5-15(14)17/h2-9,19H,10-11H2,1H3,(H,18,20). The van der Waals surface area contributed by atoms with E-state index >= 15 is 0 Å². The first-order valence-corrected chi connectivity index (χ1v) is 9.55. The molecule has 0 saturated carbocycles. The topological polar surface area (TPSA) is 75.3 Å². The summed E-state index contributed by atoms with van der Waals surface area (Å²) in [6.07, 6.45) is 0. The van der Waals surface area contributed by atoms with Crippen molar-refractivity contribution in [3.8, 4) is 0 Å². The van der Waals surface area contributed by atoms with Gasteiger partial charge in [0, 0.05) is 16.7 Å². The summed E-state index contributed by atoms with van der Waals surface area (Å²) in [6, 6.07) is 13.8. The van der Waals surface area contributed by atoms with Crippen molar-refractivity contribution in [1.29, 1.82) is 0 Å². The molecule has 0 bridgehead atoms. The van der Waals surface area contributed by atoms with Crippen LogP contribution in [0.4, 0.5) is 0 Å². The highest BCUT2D eigenvalue weighted by molar-refractivity contribution is 14.1. The molecular weight excluding hydrogens is 427 g/mol. The van der Waals surface area contributed by atoms with Crippen LogP contribution in [0.2, 0.25) is 0 Å². The highest BCUT2D eigenvalue weighted by Crippen LogP contribution is 2.11. The molecule has 0 aliphatic carbocycles. The van der Waals surface area contributed by atoms with Gasteiger partial charge in [-0.05, 0) is 53.8 Å². The Balaban J connectivity index is 1.86.